The Morgan fingerprint density at radius 2 is 1.94 bits per heavy atom. The monoisotopic (exact) mass is 234 g/mol. The summed E-state index contributed by atoms with van der Waals surface area (Å²) >= 11 is 0. The van der Waals surface area contributed by atoms with Crippen LogP contribution in [0.15, 0.2) is 24.3 Å². The molecule has 1 atom stereocenters. The van der Waals surface area contributed by atoms with Crippen LogP contribution in [0.25, 0.3) is 0 Å². The molecule has 0 aliphatic carbocycles. The second kappa shape index (κ2) is 4.55. The Kier molecular flexibility index (Phi) is 3.10. The molecule has 1 aliphatic rings. The highest BCUT2D eigenvalue weighted by atomic mass is 16.3. The summed E-state index contributed by atoms with van der Waals surface area (Å²) in [6, 6.07) is 6.97. The van der Waals surface area contributed by atoms with Crippen molar-refractivity contribution in [3.8, 4) is 0 Å². The molecular weight excluding hydrogens is 220 g/mol. The molecule has 1 saturated heterocycles. The minimum absolute atomic E-state index is 0.461. The first-order valence-electron chi connectivity index (χ1n) is 5.47. The fraction of sp³-hybridized carbons (Fsp3) is 0.333. The van der Waals surface area contributed by atoms with E-state index in [0.717, 1.165) is 5.56 Å². The van der Waals surface area contributed by atoms with Crippen LogP contribution in [-0.4, -0.2) is 30.0 Å². The van der Waals surface area contributed by atoms with E-state index < -0.39 is 17.9 Å². The van der Waals surface area contributed by atoms with Crippen molar-refractivity contribution in [2.24, 2.45) is 0 Å². The van der Waals surface area contributed by atoms with Gasteiger partial charge in [-0.25, -0.2) is 0 Å². The number of benzene rings is 1. The zero-order valence-electron chi connectivity index (χ0n) is 9.51. The van der Waals surface area contributed by atoms with E-state index in [4.69, 9.17) is 0 Å². The Morgan fingerprint density at radius 1 is 1.29 bits per heavy atom. The minimum Gasteiger partial charge on any atom is -0.389 e. The molecule has 0 radical (unpaired) electrons. The Morgan fingerprint density at radius 3 is 2.53 bits per heavy atom. The van der Waals surface area contributed by atoms with E-state index in [9.17, 15) is 14.7 Å². The molecule has 1 fully saturated rings. The van der Waals surface area contributed by atoms with Crippen LogP contribution in [-0.2, 0) is 9.59 Å². The third kappa shape index (κ3) is 2.29. The number of hydrogen-bond acceptors (Lipinski definition) is 3. The highest BCUT2D eigenvalue weighted by Gasteiger charge is 2.26. The van der Waals surface area contributed by atoms with Crippen molar-refractivity contribution < 1.29 is 14.7 Å². The van der Waals surface area contributed by atoms with Gasteiger partial charge in [-0.05, 0) is 24.6 Å². The number of carbonyl (C=O) groups is 2. The number of aliphatic hydroxyl groups excluding tert-OH is 1. The van der Waals surface area contributed by atoms with E-state index in [1.807, 2.05) is 0 Å². The summed E-state index contributed by atoms with van der Waals surface area (Å²) in [5.74, 6) is -1.11. The average Bonchev–Trinajstić information content (AvgIpc) is 2.33. The molecule has 0 bridgehead atoms. The molecule has 0 aromatic heterocycles. The van der Waals surface area contributed by atoms with Crippen LogP contribution in [0, 0.1) is 0 Å². The van der Waals surface area contributed by atoms with Crippen molar-refractivity contribution in [1.29, 1.82) is 0 Å². The summed E-state index contributed by atoms with van der Waals surface area (Å²) < 4.78 is 0. The van der Waals surface area contributed by atoms with Crippen molar-refractivity contribution in [3.05, 3.63) is 29.8 Å². The van der Waals surface area contributed by atoms with Crippen molar-refractivity contribution in [3.63, 3.8) is 0 Å². The smallest absolute Gasteiger partial charge is 0.316 e. The highest BCUT2D eigenvalue weighted by Crippen LogP contribution is 2.19. The van der Waals surface area contributed by atoms with Crippen molar-refractivity contribution in [1.82, 2.24) is 5.32 Å². The lowest BCUT2D eigenvalue weighted by Crippen LogP contribution is -2.52. The van der Waals surface area contributed by atoms with Gasteiger partial charge in [-0.15, -0.1) is 0 Å². The number of nitrogens with one attached hydrogen (secondary N) is 1. The Hall–Kier alpha value is -1.88. The molecule has 1 aromatic rings. The van der Waals surface area contributed by atoms with Crippen LogP contribution >= 0.6 is 0 Å². The topological polar surface area (TPSA) is 69.6 Å². The standard InChI is InChI=1S/C12H14N2O3/c1-8(15)9-2-4-10(5-3-9)14-7-6-13-11(16)12(14)17/h2-5,8,15H,6-7H2,1H3,(H,13,16). The summed E-state index contributed by atoms with van der Waals surface area (Å²) in [4.78, 5) is 24.3. The third-order valence-corrected chi connectivity index (χ3v) is 2.75. The van der Waals surface area contributed by atoms with E-state index >= 15 is 0 Å². The lowest BCUT2D eigenvalue weighted by Gasteiger charge is -2.26. The first-order chi connectivity index (χ1) is 8.09. The lowest BCUT2D eigenvalue weighted by molar-refractivity contribution is -0.138. The Bertz CT molecular complexity index is 440. The van der Waals surface area contributed by atoms with E-state index in [2.05, 4.69) is 5.32 Å². The second-order valence-corrected chi connectivity index (χ2v) is 3.98. The second-order valence-electron chi connectivity index (χ2n) is 3.98. The minimum atomic E-state index is -0.573. The van der Waals surface area contributed by atoms with Gasteiger partial charge in [0.15, 0.2) is 0 Å². The van der Waals surface area contributed by atoms with Crippen molar-refractivity contribution >= 4 is 17.5 Å². The number of rotatable bonds is 2. The van der Waals surface area contributed by atoms with Gasteiger partial charge in [0, 0.05) is 18.8 Å². The molecule has 1 aliphatic heterocycles. The highest BCUT2D eigenvalue weighted by molar-refractivity contribution is 6.41. The van der Waals surface area contributed by atoms with Gasteiger partial charge < -0.3 is 15.3 Å². The van der Waals surface area contributed by atoms with Crippen LogP contribution in [0.3, 0.4) is 0 Å². The molecule has 17 heavy (non-hydrogen) atoms. The first kappa shape index (κ1) is 11.6. The van der Waals surface area contributed by atoms with Crippen LogP contribution in [0.5, 0.6) is 0 Å². The molecule has 2 N–H and O–H groups in total. The predicted molar refractivity (Wildman–Crippen MR) is 62.4 cm³/mol. The van der Waals surface area contributed by atoms with Gasteiger partial charge in [0.1, 0.15) is 0 Å². The number of nitrogens with zero attached hydrogens (tertiary/aromatic N) is 1. The molecule has 1 unspecified atom stereocenters. The maximum absolute atomic E-state index is 11.6. The largest absolute Gasteiger partial charge is 0.389 e. The summed E-state index contributed by atoms with van der Waals surface area (Å²) in [6.07, 6.45) is -0.538. The van der Waals surface area contributed by atoms with Gasteiger partial charge in [-0.3, -0.25) is 9.59 Å². The number of aliphatic hydroxyl groups is 1. The molecule has 0 saturated carbocycles. The molecule has 90 valence electrons. The Labute approximate surface area is 99.0 Å². The molecule has 1 aromatic carbocycles. The zero-order chi connectivity index (χ0) is 12.4. The molecule has 1 heterocycles. The first-order valence-corrected chi connectivity index (χ1v) is 5.47. The number of carbonyl (C=O) groups excluding carboxylic acids is 2. The van der Waals surface area contributed by atoms with Crippen molar-refractivity contribution in [2.45, 2.75) is 13.0 Å². The fourth-order valence-electron chi connectivity index (χ4n) is 1.76. The summed E-state index contributed by atoms with van der Waals surface area (Å²) in [6.45, 7) is 2.61. The predicted octanol–water partition coefficient (Wildman–Crippen LogP) is 0.203. The number of anilines is 1. The summed E-state index contributed by atoms with van der Waals surface area (Å²) in [5, 5.41) is 11.9. The zero-order valence-corrected chi connectivity index (χ0v) is 9.51. The van der Waals surface area contributed by atoms with Crippen LogP contribution in [0.1, 0.15) is 18.6 Å². The lowest BCUT2D eigenvalue weighted by atomic mass is 10.1. The maximum atomic E-state index is 11.6. The van der Waals surface area contributed by atoms with Crippen LogP contribution < -0.4 is 10.2 Å². The van der Waals surface area contributed by atoms with E-state index in [0.29, 0.717) is 18.8 Å². The van der Waals surface area contributed by atoms with Gasteiger partial charge in [0.25, 0.3) is 0 Å². The van der Waals surface area contributed by atoms with E-state index in [1.54, 1.807) is 31.2 Å². The normalized spacial score (nSPS) is 17.9. The molecule has 2 rings (SSSR count). The average molecular weight is 234 g/mol. The van der Waals surface area contributed by atoms with Crippen LogP contribution in [0.4, 0.5) is 5.69 Å². The van der Waals surface area contributed by atoms with Crippen LogP contribution in [0.2, 0.25) is 0 Å². The SMILES string of the molecule is CC(O)c1ccc(N2CCNC(=O)C2=O)cc1. The molecule has 5 heteroatoms. The van der Waals surface area contributed by atoms with Gasteiger partial charge in [0.05, 0.1) is 6.10 Å². The van der Waals surface area contributed by atoms with Gasteiger partial charge in [0.2, 0.25) is 0 Å². The number of amides is 2. The van der Waals surface area contributed by atoms with Gasteiger partial charge >= 0.3 is 11.8 Å². The quantitative estimate of drug-likeness (QED) is 0.718. The number of piperazine rings is 1. The van der Waals surface area contributed by atoms with Gasteiger partial charge in [-0.1, -0.05) is 12.1 Å². The molecule has 5 nitrogen and oxygen atoms in total. The fourth-order valence-corrected chi connectivity index (χ4v) is 1.76. The molecule has 2 amide bonds. The molecule has 0 spiro atoms. The molecular formula is C12H14N2O3. The third-order valence-electron chi connectivity index (χ3n) is 2.75. The Balaban J connectivity index is 2.22. The van der Waals surface area contributed by atoms with Crippen molar-refractivity contribution in [2.75, 3.05) is 18.0 Å². The van der Waals surface area contributed by atoms with Gasteiger partial charge in [-0.2, -0.15) is 0 Å². The summed E-state index contributed by atoms with van der Waals surface area (Å²) in [5.41, 5.74) is 1.46. The number of hydrogen-bond donors (Lipinski definition) is 2. The van der Waals surface area contributed by atoms with E-state index in [1.165, 1.54) is 4.90 Å². The summed E-state index contributed by atoms with van der Waals surface area (Å²) in [7, 11) is 0. The maximum Gasteiger partial charge on any atom is 0.316 e. The van der Waals surface area contributed by atoms with E-state index in [-0.39, 0.29) is 0 Å².